The van der Waals surface area contributed by atoms with Crippen LogP contribution in [0.25, 0.3) is 0 Å². The Labute approximate surface area is 178 Å². The zero-order valence-electron chi connectivity index (χ0n) is 18.0. The molecule has 0 saturated carbocycles. The van der Waals surface area contributed by atoms with Gasteiger partial charge in [0.25, 0.3) is 0 Å². The fourth-order valence-corrected chi connectivity index (χ4v) is 3.35. The van der Waals surface area contributed by atoms with E-state index in [2.05, 4.69) is 29.6 Å². The van der Waals surface area contributed by atoms with Gasteiger partial charge in [-0.15, -0.1) is 0 Å². The summed E-state index contributed by atoms with van der Waals surface area (Å²) in [5.74, 6) is 0.411. The van der Waals surface area contributed by atoms with Crippen LogP contribution in [-0.4, -0.2) is 42.3 Å². The fraction of sp³-hybridized carbons (Fsp3) is 0.458. The highest BCUT2D eigenvalue weighted by atomic mass is 19.1. The molecule has 0 unspecified atom stereocenters. The third-order valence-corrected chi connectivity index (χ3v) is 4.94. The van der Waals surface area contributed by atoms with Gasteiger partial charge >= 0.3 is 6.09 Å². The molecule has 1 amide bonds. The van der Waals surface area contributed by atoms with E-state index in [1.54, 1.807) is 17.0 Å². The lowest BCUT2D eigenvalue weighted by Crippen LogP contribution is -2.44. The Bertz CT molecular complexity index is 808. The van der Waals surface area contributed by atoms with E-state index in [-0.39, 0.29) is 11.9 Å². The summed E-state index contributed by atoms with van der Waals surface area (Å²) >= 11 is 0. The smallest absolute Gasteiger partial charge is 0.410 e. The van der Waals surface area contributed by atoms with Gasteiger partial charge < -0.3 is 19.7 Å². The molecule has 0 atom stereocenters. The van der Waals surface area contributed by atoms with Gasteiger partial charge in [-0.1, -0.05) is 12.1 Å². The van der Waals surface area contributed by atoms with Gasteiger partial charge in [0.05, 0.1) is 6.61 Å². The molecular weight excluding hydrogens is 383 g/mol. The molecule has 1 saturated heterocycles. The molecule has 162 valence electrons. The number of hydrogen-bond acceptors (Lipinski definition) is 4. The first-order chi connectivity index (χ1) is 14.3. The molecule has 30 heavy (non-hydrogen) atoms. The van der Waals surface area contributed by atoms with Crippen molar-refractivity contribution in [2.45, 2.75) is 51.7 Å². The molecule has 6 heteroatoms. The van der Waals surface area contributed by atoms with Crippen LogP contribution in [0.3, 0.4) is 0 Å². The first-order valence-corrected chi connectivity index (χ1v) is 10.5. The molecule has 1 heterocycles. The third-order valence-electron chi connectivity index (χ3n) is 4.94. The van der Waals surface area contributed by atoms with Crippen molar-refractivity contribution >= 4 is 11.8 Å². The second kappa shape index (κ2) is 9.83. The van der Waals surface area contributed by atoms with Crippen LogP contribution in [0, 0.1) is 5.82 Å². The zero-order chi connectivity index (χ0) is 21.6. The van der Waals surface area contributed by atoms with Gasteiger partial charge in [-0.2, -0.15) is 0 Å². The maximum atomic E-state index is 12.9. The maximum Gasteiger partial charge on any atom is 0.410 e. The number of amides is 1. The zero-order valence-corrected chi connectivity index (χ0v) is 18.0. The molecule has 0 aliphatic carbocycles. The molecular formula is C24H31FN2O3. The van der Waals surface area contributed by atoms with Crippen molar-refractivity contribution in [1.29, 1.82) is 0 Å². The van der Waals surface area contributed by atoms with Crippen LogP contribution >= 0.6 is 0 Å². The van der Waals surface area contributed by atoms with Crippen LogP contribution in [0.5, 0.6) is 5.75 Å². The number of ether oxygens (including phenoxy) is 2. The number of rotatable bonds is 6. The van der Waals surface area contributed by atoms with Crippen LogP contribution in [-0.2, 0) is 11.2 Å². The first-order valence-electron chi connectivity index (χ1n) is 10.5. The van der Waals surface area contributed by atoms with E-state index >= 15 is 0 Å². The van der Waals surface area contributed by atoms with Gasteiger partial charge in [0.15, 0.2) is 0 Å². The average molecular weight is 415 g/mol. The molecule has 1 fully saturated rings. The second-order valence-electron chi connectivity index (χ2n) is 8.64. The summed E-state index contributed by atoms with van der Waals surface area (Å²) < 4.78 is 24.0. The molecule has 1 aliphatic heterocycles. The molecule has 5 nitrogen and oxygen atoms in total. The van der Waals surface area contributed by atoms with Crippen LogP contribution in [0.15, 0.2) is 48.5 Å². The molecule has 2 aromatic carbocycles. The number of carbonyl (C=O) groups excluding carboxylic acids is 1. The quantitative estimate of drug-likeness (QED) is 0.701. The van der Waals surface area contributed by atoms with Gasteiger partial charge in [-0.05, 0) is 75.6 Å². The summed E-state index contributed by atoms with van der Waals surface area (Å²) in [5.41, 5.74) is 1.80. The van der Waals surface area contributed by atoms with Gasteiger partial charge in [0.2, 0.25) is 0 Å². The Morgan fingerprint density at radius 1 is 1.07 bits per heavy atom. The second-order valence-corrected chi connectivity index (χ2v) is 8.64. The monoisotopic (exact) mass is 414 g/mol. The average Bonchev–Trinajstić information content (AvgIpc) is 2.70. The predicted molar refractivity (Wildman–Crippen MR) is 116 cm³/mol. The molecule has 0 spiro atoms. The van der Waals surface area contributed by atoms with Crippen LogP contribution in [0.4, 0.5) is 14.9 Å². The minimum atomic E-state index is -0.460. The highest BCUT2D eigenvalue weighted by molar-refractivity contribution is 5.68. The Morgan fingerprint density at radius 2 is 1.70 bits per heavy atom. The van der Waals surface area contributed by atoms with Crippen LogP contribution in [0.2, 0.25) is 0 Å². The van der Waals surface area contributed by atoms with Crippen molar-refractivity contribution in [2.24, 2.45) is 0 Å². The van der Waals surface area contributed by atoms with E-state index in [4.69, 9.17) is 9.47 Å². The number of halogens is 1. The lowest BCUT2D eigenvalue weighted by atomic mass is 10.0. The van der Waals surface area contributed by atoms with Crippen molar-refractivity contribution in [3.63, 3.8) is 0 Å². The summed E-state index contributed by atoms with van der Waals surface area (Å²) in [6.07, 6.45) is 2.35. The van der Waals surface area contributed by atoms with Gasteiger partial charge in [-0.3, -0.25) is 0 Å². The Kier molecular flexibility index (Phi) is 7.19. The van der Waals surface area contributed by atoms with Gasteiger partial charge in [0.1, 0.15) is 17.2 Å². The Balaban J connectivity index is 1.39. The molecule has 0 radical (unpaired) electrons. The SMILES string of the molecule is CC(C)(C)OC(=O)N1CCC(Nc2ccc(CCOc3ccc(F)cc3)cc2)CC1. The van der Waals surface area contributed by atoms with Crippen molar-refractivity contribution in [2.75, 3.05) is 25.0 Å². The molecule has 0 bridgehead atoms. The number of benzene rings is 2. The van der Waals surface area contributed by atoms with Gasteiger partial charge in [-0.25, -0.2) is 9.18 Å². The van der Waals surface area contributed by atoms with Crippen molar-refractivity contribution in [1.82, 2.24) is 4.90 Å². The van der Waals surface area contributed by atoms with Crippen molar-refractivity contribution in [3.8, 4) is 5.75 Å². The predicted octanol–water partition coefficient (Wildman–Crippen LogP) is 5.26. The van der Waals surface area contributed by atoms with E-state index in [1.807, 2.05) is 20.8 Å². The molecule has 2 aromatic rings. The Hall–Kier alpha value is -2.76. The third kappa shape index (κ3) is 6.94. The fourth-order valence-electron chi connectivity index (χ4n) is 3.35. The highest BCUT2D eigenvalue weighted by Gasteiger charge is 2.26. The number of carbonyl (C=O) groups is 1. The summed E-state index contributed by atoms with van der Waals surface area (Å²) in [6.45, 7) is 7.60. The maximum absolute atomic E-state index is 12.9. The van der Waals surface area contributed by atoms with Crippen molar-refractivity contribution in [3.05, 3.63) is 59.9 Å². The molecule has 1 aliphatic rings. The van der Waals surface area contributed by atoms with E-state index in [0.29, 0.717) is 31.5 Å². The number of nitrogens with one attached hydrogen (secondary N) is 1. The minimum absolute atomic E-state index is 0.229. The van der Waals surface area contributed by atoms with Crippen LogP contribution in [0.1, 0.15) is 39.2 Å². The van der Waals surface area contributed by atoms with Gasteiger partial charge in [0, 0.05) is 31.2 Å². The number of piperidine rings is 1. The number of anilines is 1. The number of likely N-dealkylation sites (tertiary alicyclic amines) is 1. The highest BCUT2D eigenvalue weighted by Crippen LogP contribution is 2.20. The first kappa shape index (κ1) is 21.9. The summed E-state index contributed by atoms with van der Waals surface area (Å²) in [6, 6.07) is 14.7. The van der Waals surface area contributed by atoms with E-state index in [1.165, 1.54) is 17.7 Å². The molecule has 0 aromatic heterocycles. The van der Waals surface area contributed by atoms with E-state index < -0.39 is 5.60 Å². The standard InChI is InChI=1S/C24H31FN2O3/c1-24(2,3)30-23(28)27-15-12-21(13-16-27)26-20-8-4-18(5-9-20)14-17-29-22-10-6-19(25)7-11-22/h4-11,21,26H,12-17H2,1-3H3. The number of nitrogens with zero attached hydrogens (tertiary/aromatic N) is 1. The largest absolute Gasteiger partial charge is 0.493 e. The normalized spacial score (nSPS) is 15.0. The van der Waals surface area contributed by atoms with E-state index in [0.717, 1.165) is 24.9 Å². The lowest BCUT2D eigenvalue weighted by molar-refractivity contribution is 0.0210. The summed E-state index contributed by atoms with van der Waals surface area (Å²) in [4.78, 5) is 13.9. The molecule has 1 N–H and O–H groups in total. The Morgan fingerprint density at radius 3 is 2.30 bits per heavy atom. The lowest BCUT2D eigenvalue weighted by Gasteiger charge is -2.34. The summed E-state index contributed by atoms with van der Waals surface area (Å²) in [7, 11) is 0. The molecule has 3 rings (SSSR count). The topological polar surface area (TPSA) is 50.8 Å². The minimum Gasteiger partial charge on any atom is -0.493 e. The van der Waals surface area contributed by atoms with Crippen molar-refractivity contribution < 1.29 is 18.7 Å². The summed E-state index contributed by atoms with van der Waals surface area (Å²) in [5, 5.41) is 3.56. The number of hydrogen-bond donors (Lipinski definition) is 1. The van der Waals surface area contributed by atoms with E-state index in [9.17, 15) is 9.18 Å². The van der Waals surface area contributed by atoms with Crippen LogP contribution < -0.4 is 10.1 Å².